The third-order valence-electron chi connectivity index (χ3n) is 5.66. The highest BCUT2D eigenvalue weighted by molar-refractivity contribution is 7.09. The fourth-order valence-electron chi connectivity index (χ4n) is 3.95. The Hall–Kier alpha value is -2.77. The van der Waals surface area contributed by atoms with Gasteiger partial charge in [-0.25, -0.2) is 9.37 Å². The van der Waals surface area contributed by atoms with Crippen molar-refractivity contribution in [1.29, 1.82) is 0 Å². The van der Waals surface area contributed by atoms with Gasteiger partial charge in [0.15, 0.2) is 0 Å². The van der Waals surface area contributed by atoms with Gasteiger partial charge < -0.3 is 15.0 Å². The standard InChI is InChI=1S/C25H28FN3O2S/c26-20-6-9-22(10-7-20)31-17-15-27-14-12-21-8-11-25(30)29(21)16-13-24-28-23(18-32-24)19-4-2-1-3-5-19/h1-7,9-10,18,21,27H,8,11-17H2/t21-/m1/s1. The number of thiazole rings is 1. The summed E-state index contributed by atoms with van der Waals surface area (Å²) in [7, 11) is 0. The van der Waals surface area contributed by atoms with Gasteiger partial charge in [0.2, 0.25) is 5.91 Å². The molecule has 0 spiro atoms. The van der Waals surface area contributed by atoms with Crippen LogP contribution >= 0.6 is 11.3 Å². The highest BCUT2D eigenvalue weighted by Gasteiger charge is 2.30. The summed E-state index contributed by atoms with van der Waals surface area (Å²) in [5.74, 6) is 0.644. The fraction of sp³-hybridized carbons (Fsp3) is 0.360. The Morgan fingerprint density at radius 1 is 1.12 bits per heavy atom. The first-order valence-electron chi connectivity index (χ1n) is 11.1. The quantitative estimate of drug-likeness (QED) is 0.433. The van der Waals surface area contributed by atoms with E-state index in [2.05, 4.69) is 22.8 Å². The fourth-order valence-corrected chi connectivity index (χ4v) is 4.75. The minimum Gasteiger partial charge on any atom is -0.492 e. The monoisotopic (exact) mass is 453 g/mol. The zero-order valence-electron chi connectivity index (χ0n) is 18.0. The highest BCUT2D eigenvalue weighted by Crippen LogP contribution is 2.24. The average Bonchev–Trinajstić information content (AvgIpc) is 3.43. The molecular weight excluding hydrogens is 425 g/mol. The van der Waals surface area contributed by atoms with E-state index in [1.54, 1.807) is 23.5 Å². The summed E-state index contributed by atoms with van der Waals surface area (Å²) in [6.07, 6.45) is 3.26. The Labute approximate surface area is 192 Å². The number of rotatable bonds is 11. The van der Waals surface area contributed by atoms with Crippen LogP contribution in [0.15, 0.2) is 60.0 Å². The molecule has 1 amide bonds. The van der Waals surface area contributed by atoms with E-state index < -0.39 is 0 Å². The zero-order valence-corrected chi connectivity index (χ0v) is 18.8. The predicted octanol–water partition coefficient (Wildman–Crippen LogP) is 4.54. The van der Waals surface area contributed by atoms with Gasteiger partial charge in [0.05, 0.1) is 10.7 Å². The van der Waals surface area contributed by atoms with Gasteiger partial charge in [0.1, 0.15) is 18.2 Å². The molecule has 1 aliphatic heterocycles. The van der Waals surface area contributed by atoms with E-state index in [0.29, 0.717) is 25.3 Å². The molecular formula is C25H28FN3O2S. The van der Waals surface area contributed by atoms with E-state index in [0.717, 1.165) is 48.6 Å². The summed E-state index contributed by atoms with van der Waals surface area (Å²) >= 11 is 1.66. The van der Waals surface area contributed by atoms with Crippen molar-refractivity contribution in [3.05, 3.63) is 70.8 Å². The summed E-state index contributed by atoms with van der Waals surface area (Å²) in [4.78, 5) is 19.2. The van der Waals surface area contributed by atoms with Crippen LogP contribution in [0.1, 0.15) is 24.3 Å². The number of hydrogen-bond acceptors (Lipinski definition) is 5. The molecule has 0 unspecified atom stereocenters. The van der Waals surface area contributed by atoms with E-state index in [4.69, 9.17) is 9.72 Å². The molecule has 3 aromatic rings. The van der Waals surface area contributed by atoms with Crippen LogP contribution in [-0.2, 0) is 11.2 Å². The summed E-state index contributed by atoms with van der Waals surface area (Å²) in [6, 6.07) is 16.5. The van der Waals surface area contributed by atoms with Gasteiger partial charge in [-0.2, -0.15) is 0 Å². The third kappa shape index (κ3) is 6.14. The van der Waals surface area contributed by atoms with Crippen molar-refractivity contribution in [2.45, 2.75) is 31.7 Å². The van der Waals surface area contributed by atoms with Crippen molar-refractivity contribution in [2.75, 3.05) is 26.2 Å². The molecule has 168 valence electrons. The molecule has 0 aliphatic carbocycles. The number of aromatic nitrogens is 1. The maximum absolute atomic E-state index is 12.9. The number of hydrogen-bond donors (Lipinski definition) is 1. The van der Waals surface area contributed by atoms with Crippen LogP contribution in [0.5, 0.6) is 5.75 Å². The number of nitrogens with one attached hydrogen (secondary N) is 1. The van der Waals surface area contributed by atoms with Crippen molar-refractivity contribution in [3.63, 3.8) is 0 Å². The smallest absolute Gasteiger partial charge is 0.222 e. The second-order valence-electron chi connectivity index (χ2n) is 7.86. The van der Waals surface area contributed by atoms with E-state index in [9.17, 15) is 9.18 Å². The summed E-state index contributed by atoms with van der Waals surface area (Å²) in [5.41, 5.74) is 2.13. The van der Waals surface area contributed by atoms with Crippen molar-refractivity contribution in [2.24, 2.45) is 0 Å². The van der Waals surface area contributed by atoms with Crippen LogP contribution in [0.3, 0.4) is 0 Å². The Morgan fingerprint density at radius 3 is 2.75 bits per heavy atom. The van der Waals surface area contributed by atoms with Gasteiger partial charge in [-0.15, -0.1) is 11.3 Å². The molecule has 1 atom stereocenters. The second-order valence-corrected chi connectivity index (χ2v) is 8.81. The maximum Gasteiger partial charge on any atom is 0.222 e. The molecule has 1 aliphatic rings. The Balaban J connectivity index is 1.17. The molecule has 0 radical (unpaired) electrons. The molecule has 2 heterocycles. The van der Waals surface area contributed by atoms with Crippen molar-refractivity contribution in [1.82, 2.24) is 15.2 Å². The molecule has 1 N–H and O–H groups in total. The lowest BCUT2D eigenvalue weighted by Crippen LogP contribution is -2.37. The number of amides is 1. The minimum atomic E-state index is -0.266. The zero-order chi connectivity index (χ0) is 22.2. The van der Waals surface area contributed by atoms with Crippen LogP contribution in [0.25, 0.3) is 11.3 Å². The SMILES string of the molecule is O=C1CC[C@H](CCNCCOc2ccc(F)cc2)N1CCc1nc(-c2ccccc2)cs1. The number of carbonyl (C=O) groups excluding carboxylic acids is 1. The van der Waals surface area contributed by atoms with E-state index >= 15 is 0 Å². The molecule has 5 nitrogen and oxygen atoms in total. The lowest BCUT2D eigenvalue weighted by Gasteiger charge is -2.24. The van der Waals surface area contributed by atoms with Crippen molar-refractivity contribution >= 4 is 17.2 Å². The molecule has 1 fully saturated rings. The van der Waals surface area contributed by atoms with Gasteiger partial charge in [-0.1, -0.05) is 30.3 Å². The number of nitrogens with zero attached hydrogens (tertiary/aromatic N) is 2. The Bertz CT molecular complexity index is 994. The van der Waals surface area contributed by atoms with Crippen LogP contribution in [-0.4, -0.2) is 48.1 Å². The van der Waals surface area contributed by atoms with Crippen LogP contribution in [0.2, 0.25) is 0 Å². The molecule has 2 aromatic carbocycles. The van der Waals surface area contributed by atoms with Crippen LogP contribution in [0.4, 0.5) is 4.39 Å². The van der Waals surface area contributed by atoms with E-state index in [1.807, 2.05) is 23.1 Å². The van der Waals surface area contributed by atoms with Crippen molar-refractivity contribution < 1.29 is 13.9 Å². The summed E-state index contributed by atoms with van der Waals surface area (Å²) in [5, 5.41) is 6.53. The lowest BCUT2D eigenvalue weighted by molar-refractivity contribution is -0.129. The number of likely N-dealkylation sites (tertiary alicyclic amines) is 1. The lowest BCUT2D eigenvalue weighted by atomic mass is 10.1. The molecule has 0 bridgehead atoms. The van der Waals surface area contributed by atoms with E-state index in [1.165, 1.54) is 12.1 Å². The van der Waals surface area contributed by atoms with Gasteiger partial charge in [0.25, 0.3) is 0 Å². The Kier molecular flexibility index (Phi) is 7.85. The molecule has 4 rings (SSSR count). The average molecular weight is 454 g/mol. The first kappa shape index (κ1) is 22.4. The summed E-state index contributed by atoms with van der Waals surface area (Å²) in [6.45, 7) is 2.78. The molecule has 32 heavy (non-hydrogen) atoms. The number of carbonyl (C=O) groups is 1. The topological polar surface area (TPSA) is 54.5 Å². The normalized spacial score (nSPS) is 16.0. The highest BCUT2D eigenvalue weighted by atomic mass is 32.1. The second kappa shape index (κ2) is 11.2. The molecule has 0 saturated carbocycles. The summed E-state index contributed by atoms with van der Waals surface area (Å²) < 4.78 is 18.5. The van der Waals surface area contributed by atoms with E-state index in [-0.39, 0.29) is 17.8 Å². The first-order chi connectivity index (χ1) is 15.7. The number of halogens is 1. The van der Waals surface area contributed by atoms with Gasteiger partial charge in [-0.3, -0.25) is 4.79 Å². The van der Waals surface area contributed by atoms with Crippen LogP contribution < -0.4 is 10.1 Å². The van der Waals surface area contributed by atoms with Crippen LogP contribution in [0, 0.1) is 5.82 Å². The Morgan fingerprint density at radius 2 is 1.94 bits per heavy atom. The number of ether oxygens (including phenoxy) is 1. The minimum absolute atomic E-state index is 0.245. The predicted molar refractivity (Wildman–Crippen MR) is 125 cm³/mol. The molecule has 7 heteroatoms. The van der Waals surface area contributed by atoms with Gasteiger partial charge >= 0.3 is 0 Å². The molecule has 1 saturated heterocycles. The largest absolute Gasteiger partial charge is 0.492 e. The maximum atomic E-state index is 12.9. The van der Waals surface area contributed by atoms with Crippen molar-refractivity contribution in [3.8, 4) is 17.0 Å². The van der Waals surface area contributed by atoms with Gasteiger partial charge in [0, 0.05) is 42.9 Å². The number of benzene rings is 2. The molecule has 1 aromatic heterocycles. The van der Waals surface area contributed by atoms with Gasteiger partial charge in [-0.05, 0) is 43.7 Å². The first-order valence-corrected chi connectivity index (χ1v) is 12.0. The third-order valence-corrected chi connectivity index (χ3v) is 6.56.